The highest BCUT2D eigenvalue weighted by Gasteiger charge is 2.18. The Bertz CT molecular complexity index is 975. The molecule has 0 atom stereocenters. The summed E-state index contributed by atoms with van der Waals surface area (Å²) in [6.07, 6.45) is 0. The molecule has 0 fully saturated rings. The highest BCUT2D eigenvalue weighted by atomic mass is 35.5. The van der Waals surface area contributed by atoms with Gasteiger partial charge in [-0.1, -0.05) is 45.6 Å². The van der Waals surface area contributed by atoms with Gasteiger partial charge in [-0.15, -0.1) is 10.2 Å². The number of benzene rings is 2. The van der Waals surface area contributed by atoms with Crippen molar-refractivity contribution >= 4 is 34.2 Å². The van der Waals surface area contributed by atoms with Crippen LogP contribution in [0.15, 0.2) is 42.5 Å². The molecule has 2 aromatic carbocycles. The van der Waals surface area contributed by atoms with E-state index in [9.17, 15) is 0 Å². The Morgan fingerprint density at radius 1 is 1.09 bits per heavy atom. The summed E-state index contributed by atoms with van der Waals surface area (Å²) in [5.74, 6) is 0. The second kappa shape index (κ2) is 5.15. The summed E-state index contributed by atoms with van der Waals surface area (Å²) in [5.41, 5.74) is 4.40. The summed E-state index contributed by atoms with van der Waals surface area (Å²) >= 11 is 7.63. The fraction of sp³-hybridized carbons (Fsp3) is 0.0667. The molecule has 0 spiro atoms. The van der Waals surface area contributed by atoms with E-state index in [0.29, 0.717) is 10.7 Å². The number of hydrogen-bond acceptors (Lipinski definition) is 5. The number of halogens is 1. The van der Waals surface area contributed by atoms with Crippen LogP contribution in [0.25, 0.3) is 27.3 Å². The average molecular weight is 328 g/mol. The lowest BCUT2D eigenvalue weighted by Crippen LogP contribution is -1.96. The maximum atomic E-state index is 6.36. The fourth-order valence-corrected chi connectivity index (χ4v) is 3.30. The first-order valence-electron chi connectivity index (χ1n) is 6.64. The van der Waals surface area contributed by atoms with E-state index in [1.807, 2.05) is 49.4 Å². The molecule has 4 aromatic rings. The minimum absolute atomic E-state index is 0.651. The zero-order valence-corrected chi connectivity index (χ0v) is 13.1. The van der Waals surface area contributed by atoms with Crippen molar-refractivity contribution < 1.29 is 0 Å². The number of nitrogens with zero attached hydrogens (tertiary/aromatic N) is 5. The van der Waals surface area contributed by atoms with Crippen LogP contribution in [0.5, 0.6) is 0 Å². The molecule has 2 heterocycles. The molecule has 0 aliphatic carbocycles. The van der Waals surface area contributed by atoms with E-state index in [2.05, 4.69) is 19.9 Å². The molecule has 0 saturated heterocycles. The number of fused-ring (bicyclic) bond motifs is 1. The van der Waals surface area contributed by atoms with Crippen LogP contribution in [-0.4, -0.2) is 24.6 Å². The van der Waals surface area contributed by atoms with Gasteiger partial charge < -0.3 is 0 Å². The normalized spacial score (nSPS) is 11.2. The van der Waals surface area contributed by atoms with Gasteiger partial charge >= 0.3 is 0 Å². The molecule has 0 N–H and O–H groups in total. The van der Waals surface area contributed by atoms with Gasteiger partial charge in [0.05, 0.1) is 10.5 Å². The van der Waals surface area contributed by atoms with Crippen molar-refractivity contribution in [2.24, 2.45) is 0 Å². The van der Waals surface area contributed by atoms with Gasteiger partial charge in [0, 0.05) is 17.1 Å². The third kappa shape index (κ3) is 2.08. The van der Waals surface area contributed by atoms with Crippen molar-refractivity contribution in [2.45, 2.75) is 6.92 Å². The Kier molecular flexibility index (Phi) is 3.13. The summed E-state index contributed by atoms with van der Waals surface area (Å²) in [7, 11) is 0. The number of aryl methyl sites for hydroxylation is 1. The third-order valence-electron chi connectivity index (χ3n) is 3.39. The molecule has 5 nitrogen and oxygen atoms in total. The van der Waals surface area contributed by atoms with E-state index in [1.54, 1.807) is 4.68 Å². The van der Waals surface area contributed by atoms with Gasteiger partial charge in [0.25, 0.3) is 0 Å². The number of para-hydroxylation sites is 1. The quantitative estimate of drug-likeness (QED) is 0.560. The van der Waals surface area contributed by atoms with Crippen LogP contribution in [0.2, 0.25) is 5.02 Å². The predicted octanol–water partition coefficient (Wildman–Crippen LogP) is 3.90. The van der Waals surface area contributed by atoms with E-state index >= 15 is 0 Å². The van der Waals surface area contributed by atoms with Crippen LogP contribution >= 0.6 is 23.1 Å². The topological polar surface area (TPSA) is 56.5 Å². The first kappa shape index (κ1) is 13.4. The molecule has 0 aliphatic rings. The molecule has 0 unspecified atom stereocenters. The molecule has 2 aromatic heterocycles. The van der Waals surface area contributed by atoms with Gasteiger partial charge in [-0.05, 0) is 30.7 Å². The standard InChI is InChI=1S/C15H10ClN5S/c1-9-6-7-10(11(16)8-9)14-15(22-20-18-14)21-13-5-3-2-4-12(13)17-19-21/h2-8H,1H3. The van der Waals surface area contributed by atoms with Crippen molar-refractivity contribution in [3.05, 3.63) is 53.1 Å². The van der Waals surface area contributed by atoms with Gasteiger partial charge in [-0.25, -0.2) is 0 Å². The van der Waals surface area contributed by atoms with Gasteiger partial charge in [-0.2, -0.15) is 4.68 Å². The van der Waals surface area contributed by atoms with Gasteiger partial charge in [-0.3, -0.25) is 0 Å². The second-order valence-corrected chi connectivity index (χ2v) is 6.04. The summed E-state index contributed by atoms with van der Waals surface area (Å²) < 4.78 is 5.82. The maximum Gasteiger partial charge on any atom is 0.168 e. The zero-order valence-electron chi connectivity index (χ0n) is 11.6. The lowest BCUT2D eigenvalue weighted by atomic mass is 10.1. The summed E-state index contributed by atoms with van der Waals surface area (Å²) in [4.78, 5) is 0. The number of aromatic nitrogens is 5. The van der Waals surface area contributed by atoms with Crippen LogP contribution in [0, 0.1) is 6.92 Å². The molecule has 0 aliphatic heterocycles. The lowest BCUT2D eigenvalue weighted by Gasteiger charge is -2.05. The Morgan fingerprint density at radius 3 is 2.82 bits per heavy atom. The molecule has 4 rings (SSSR count). The van der Waals surface area contributed by atoms with Crippen molar-refractivity contribution in [2.75, 3.05) is 0 Å². The SMILES string of the molecule is Cc1ccc(-c2nnsc2-n2nnc3ccccc32)c(Cl)c1. The third-order valence-corrected chi connectivity index (χ3v) is 4.41. The molecule has 7 heteroatoms. The molecule has 108 valence electrons. The van der Waals surface area contributed by atoms with E-state index in [1.165, 1.54) is 11.5 Å². The Morgan fingerprint density at radius 2 is 1.95 bits per heavy atom. The summed E-state index contributed by atoms with van der Waals surface area (Å²) in [6.45, 7) is 2.00. The molecule has 0 amide bonds. The summed E-state index contributed by atoms with van der Waals surface area (Å²) in [6, 6.07) is 13.7. The largest absolute Gasteiger partial charge is 0.199 e. The first-order chi connectivity index (χ1) is 10.7. The highest BCUT2D eigenvalue weighted by Crippen LogP contribution is 2.33. The van der Waals surface area contributed by atoms with Crippen molar-refractivity contribution in [1.29, 1.82) is 0 Å². The van der Waals surface area contributed by atoms with Crippen LogP contribution < -0.4 is 0 Å². The maximum absolute atomic E-state index is 6.36. The number of rotatable bonds is 2. The van der Waals surface area contributed by atoms with Crippen LogP contribution in [0.1, 0.15) is 5.56 Å². The van der Waals surface area contributed by atoms with Crippen molar-refractivity contribution in [3.8, 4) is 16.3 Å². The minimum atomic E-state index is 0.651. The second-order valence-electron chi connectivity index (χ2n) is 4.90. The predicted molar refractivity (Wildman–Crippen MR) is 87.5 cm³/mol. The molecule has 0 radical (unpaired) electrons. The lowest BCUT2D eigenvalue weighted by molar-refractivity contribution is 0.834. The van der Waals surface area contributed by atoms with Crippen molar-refractivity contribution in [3.63, 3.8) is 0 Å². The van der Waals surface area contributed by atoms with E-state index in [-0.39, 0.29) is 0 Å². The molecule has 22 heavy (non-hydrogen) atoms. The average Bonchev–Trinajstić information content (AvgIpc) is 3.13. The van der Waals surface area contributed by atoms with E-state index in [4.69, 9.17) is 11.6 Å². The van der Waals surface area contributed by atoms with Crippen molar-refractivity contribution in [1.82, 2.24) is 24.6 Å². The van der Waals surface area contributed by atoms with Crippen LogP contribution in [0.4, 0.5) is 0 Å². The van der Waals surface area contributed by atoms with Crippen LogP contribution in [-0.2, 0) is 0 Å². The minimum Gasteiger partial charge on any atom is -0.199 e. The van der Waals surface area contributed by atoms with Gasteiger partial charge in [0.15, 0.2) is 5.00 Å². The van der Waals surface area contributed by atoms with Gasteiger partial charge in [0.1, 0.15) is 11.2 Å². The Balaban J connectivity index is 1.93. The number of hydrogen-bond donors (Lipinski definition) is 0. The zero-order chi connectivity index (χ0) is 15.1. The Hall–Kier alpha value is -2.31. The first-order valence-corrected chi connectivity index (χ1v) is 7.79. The fourth-order valence-electron chi connectivity index (χ4n) is 2.33. The van der Waals surface area contributed by atoms with Gasteiger partial charge in [0.2, 0.25) is 0 Å². The molecular weight excluding hydrogens is 318 g/mol. The summed E-state index contributed by atoms with van der Waals surface area (Å²) in [5, 5.41) is 14.1. The highest BCUT2D eigenvalue weighted by molar-refractivity contribution is 7.08. The monoisotopic (exact) mass is 327 g/mol. The van der Waals surface area contributed by atoms with E-state index in [0.717, 1.165) is 27.2 Å². The molecule has 0 saturated carbocycles. The smallest absolute Gasteiger partial charge is 0.168 e. The van der Waals surface area contributed by atoms with Crippen LogP contribution in [0.3, 0.4) is 0 Å². The molecule has 0 bridgehead atoms. The molecular formula is C15H10ClN5S. The van der Waals surface area contributed by atoms with E-state index < -0.39 is 0 Å². The Labute approximate surface area is 135 Å².